The highest BCUT2D eigenvalue weighted by Crippen LogP contribution is 2.29. The Labute approximate surface area is 182 Å². The van der Waals surface area contributed by atoms with Crippen molar-refractivity contribution < 1.29 is 26.6 Å². The molecule has 0 amide bonds. The Hall–Kier alpha value is 0.114. The largest absolute Gasteiger partial charge is 0.503 e. The minimum absolute atomic E-state index is 0. The maximum absolute atomic E-state index is 5.52. The van der Waals surface area contributed by atoms with Crippen LogP contribution in [0, 0.1) is 0 Å². The molecule has 180 valence electrons. The minimum atomic E-state index is -2.45. The second-order valence-electron chi connectivity index (χ2n) is 6.71. The van der Waals surface area contributed by atoms with E-state index in [-0.39, 0.29) is 6.15 Å². The van der Waals surface area contributed by atoms with Gasteiger partial charge >= 0.3 is 17.6 Å². The van der Waals surface area contributed by atoms with E-state index in [4.69, 9.17) is 32.3 Å². The highest BCUT2D eigenvalue weighted by Gasteiger charge is 2.45. The van der Waals surface area contributed by atoms with Gasteiger partial charge in [-0.15, -0.1) is 0 Å². The molecule has 0 bridgehead atoms. The van der Waals surface area contributed by atoms with Crippen LogP contribution in [-0.2, 0) is 26.6 Å². The topological polar surface area (TPSA) is 116 Å². The smallest absolute Gasteiger partial charge is 0.377 e. The Balaban J connectivity index is -0.000000455. The lowest BCUT2D eigenvalue weighted by atomic mass is 10.1. The van der Waals surface area contributed by atoms with Gasteiger partial charge in [0.1, 0.15) is 0 Å². The van der Waals surface area contributed by atoms with Crippen LogP contribution in [0.25, 0.3) is 0 Å². The fourth-order valence-electron chi connectivity index (χ4n) is 3.26. The Bertz CT molecular complexity index is 319. The van der Waals surface area contributed by atoms with Crippen LogP contribution in [0.4, 0.5) is 0 Å². The summed E-state index contributed by atoms with van der Waals surface area (Å²) in [7, 11) is 5.21. The van der Waals surface area contributed by atoms with Gasteiger partial charge in [-0.3, -0.25) is 0 Å². The number of rotatable bonds is 17. The van der Waals surface area contributed by atoms with Gasteiger partial charge in [0.05, 0.1) is 0 Å². The van der Waals surface area contributed by atoms with Gasteiger partial charge in [-0.2, -0.15) is 0 Å². The molecule has 8 nitrogen and oxygen atoms in total. The van der Waals surface area contributed by atoms with Gasteiger partial charge in [-0.1, -0.05) is 46.0 Å². The van der Waals surface area contributed by atoms with E-state index in [0.717, 1.165) is 25.3 Å². The molecule has 0 saturated heterocycles. The molecule has 1 atom stereocenters. The Morgan fingerprint density at radius 2 is 1.14 bits per heavy atom. The van der Waals surface area contributed by atoms with Crippen LogP contribution < -0.4 is 11.9 Å². The molecule has 10 heteroatoms. The predicted molar refractivity (Wildman–Crippen MR) is 124 cm³/mol. The molecule has 0 heterocycles. The zero-order valence-electron chi connectivity index (χ0n) is 20.4. The molecule has 29 heavy (non-hydrogen) atoms. The first-order chi connectivity index (χ1) is 13.4. The van der Waals surface area contributed by atoms with Crippen LogP contribution in [-0.4, -0.2) is 66.8 Å². The average Bonchev–Trinajstić information content (AvgIpc) is 2.75. The summed E-state index contributed by atoms with van der Waals surface area (Å²) < 4.78 is 32.2. The van der Waals surface area contributed by atoms with E-state index < -0.39 is 17.6 Å². The molecule has 0 rings (SSSR count). The lowest BCUT2D eigenvalue weighted by molar-refractivity contribution is 0.109. The third-order valence-electron chi connectivity index (χ3n) is 5.13. The van der Waals surface area contributed by atoms with Gasteiger partial charge in [0.25, 0.3) is 0 Å². The lowest BCUT2D eigenvalue weighted by Crippen LogP contribution is -2.48. The molecule has 0 aromatic carbocycles. The first-order valence-corrected chi connectivity index (χ1v) is 14.2. The van der Waals surface area contributed by atoms with E-state index in [2.05, 4.69) is 13.8 Å². The van der Waals surface area contributed by atoms with E-state index in [9.17, 15) is 0 Å². The van der Waals surface area contributed by atoms with Crippen LogP contribution in [0.3, 0.4) is 0 Å². The van der Waals surface area contributed by atoms with Gasteiger partial charge in [-0.05, 0) is 25.8 Å². The summed E-state index contributed by atoms with van der Waals surface area (Å²) in [6, 6.07) is 0.933. The first kappa shape index (κ1) is 33.7. The van der Waals surface area contributed by atoms with E-state index in [1.807, 2.05) is 0 Å². The summed E-state index contributed by atoms with van der Waals surface area (Å²) in [5, 5.41) is 0. The number of hydrogen-bond donors (Lipinski definition) is 2. The summed E-state index contributed by atoms with van der Waals surface area (Å²) in [6.07, 6.45) is 9.56. The van der Waals surface area contributed by atoms with Crippen LogP contribution in [0.1, 0.15) is 65.2 Å². The molecule has 5 N–H and O–H groups in total. The minimum Gasteiger partial charge on any atom is -0.377 e. The quantitative estimate of drug-likeness (QED) is 0.243. The molecule has 0 aliphatic heterocycles. The summed E-state index contributed by atoms with van der Waals surface area (Å²) in [4.78, 5) is 0. The standard InChI is InChI=1S/C11H26O3Si.C8H21NO3Si.H3N/c1-5-6-7-8-9-10-11-15(12-2,13-3)14-4;1-5-8(6-7-9)13(10-2,11-3)12-4;/h5-11H2,1-4H3;8H,5-7,9H2,1-4H3;1H3. The van der Waals surface area contributed by atoms with Crippen molar-refractivity contribution in [2.45, 2.75) is 76.8 Å². The van der Waals surface area contributed by atoms with Gasteiger partial charge in [-0.25, -0.2) is 0 Å². The third kappa shape index (κ3) is 13.2. The van der Waals surface area contributed by atoms with Crippen molar-refractivity contribution in [3.63, 3.8) is 0 Å². The second-order valence-corrected chi connectivity index (χ2v) is 13.1. The van der Waals surface area contributed by atoms with E-state index >= 15 is 0 Å². The van der Waals surface area contributed by atoms with Gasteiger partial charge in [0.2, 0.25) is 0 Å². The molecule has 0 aliphatic rings. The molecule has 0 aromatic rings. The first-order valence-electron chi connectivity index (χ1n) is 10.5. The van der Waals surface area contributed by atoms with E-state index in [1.165, 1.54) is 32.1 Å². The van der Waals surface area contributed by atoms with Crippen molar-refractivity contribution in [2.24, 2.45) is 5.73 Å². The van der Waals surface area contributed by atoms with Crippen LogP contribution >= 0.6 is 0 Å². The third-order valence-corrected chi connectivity index (χ3v) is 11.4. The summed E-state index contributed by atoms with van der Waals surface area (Å²) in [5.74, 6) is 0. The highest BCUT2D eigenvalue weighted by molar-refractivity contribution is 6.62. The van der Waals surface area contributed by atoms with Crippen LogP contribution in [0.5, 0.6) is 0 Å². The van der Waals surface area contributed by atoms with Crippen molar-refractivity contribution >= 4 is 17.6 Å². The number of nitrogens with two attached hydrogens (primary N) is 1. The van der Waals surface area contributed by atoms with Crippen molar-refractivity contribution in [2.75, 3.05) is 49.2 Å². The molecular formula is C19H50N2O6Si2. The van der Waals surface area contributed by atoms with Crippen molar-refractivity contribution in [3.8, 4) is 0 Å². The lowest BCUT2D eigenvalue weighted by Gasteiger charge is -2.31. The summed E-state index contributed by atoms with van der Waals surface area (Å²) >= 11 is 0. The Kier molecular flexibility index (Phi) is 24.8. The molecule has 0 aromatic heterocycles. The predicted octanol–water partition coefficient (Wildman–Crippen LogP) is 4.38. The molecule has 1 unspecified atom stereocenters. The molecule has 0 aliphatic carbocycles. The average molecular weight is 459 g/mol. The fourth-order valence-corrected chi connectivity index (χ4v) is 7.58. The van der Waals surface area contributed by atoms with Gasteiger partial charge in [0.15, 0.2) is 0 Å². The molecule has 0 radical (unpaired) electrons. The van der Waals surface area contributed by atoms with Gasteiger partial charge in [0, 0.05) is 54.2 Å². The van der Waals surface area contributed by atoms with Gasteiger partial charge < -0.3 is 38.4 Å². The summed E-state index contributed by atoms with van der Waals surface area (Å²) in [5.41, 5.74) is 5.82. The van der Waals surface area contributed by atoms with Crippen LogP contribution in [0.15, 0.2) is 0 Å². The highest BCUT2D eigenvalue weighted by atomic mass is 28.4. The second kappa shape index (κ2) is 21.3. The SMILES string of the molecule is CCC(CCN)[Si](OC)(OC)OC.CCCCCCCC[Si](OC)(OC)OC.N. The maximum atomic E-state index is 5.52. The zero-order chi connectivity index (χ0) is 21.9. The van der Waals surface area contributed by atoms with Crippen LogP contribution in [0.2, 0.25) is 11.6 Å². The summed E-state index contributed by atoms with van der Waals surface area (Å²) in [6.45, 7) is 4.97. The van der Waals surface area contributed by atoms with Crippen molar-refractivity contribution in [3.05, 3.63) is 0 Å². The number of unbranched alkanes of at least 4 members (excludes halogenated alkanes) is 5. The Morgan fingerprint density at radius 3 is 1.48 bits per heavy atom. The van der Waals surface area contributed by atoms with Crippen molar-refractivity contribution in [1.29, 1.82) is 0 Å². The molecule has 0 fully saturated rings. The molecule has 0 saturated carbocycles. The van der Waals surface area contributed by atoms with Crippen molar-refractivity contribution in [1.82, 2.24) is 6.15 Å². The zero-order valence-corrected chi connectivity index (χ0v) is 22.4. The Morgan fingerprint density at radius 1 is 0.690 bits per heavy atom. The molecular weight excluding hydrogens is 408 g/mol. The van der Waals surface area contributed by atoms with E-state index in [0.29, 0.717) is 12.1 Å². The molecule has 0 spiro atoms. The number of hydrogen-bond acceptors (Lipinski definition) is 8. The maximum Gasteiger partial charge on any atom is 0.503 e. The monoisotopic (exact) mass is 458 g/mol. The van der Waals surface area contributed by atoms with E-state index in [1.54, 1.807) is 42.7 Å². The normalized spacial score (nSPS) is 12.7. The fraction of sp³-hybridized carbons (Fsp3) is 1.00.